The summed E-state index contributed by atoms with van der Waals surface area (Å²) >= 11 is 0. The molecule has 132 valence electrons. The van der Waals surface area contributed by atoms with Crippen LogP contribution in [0.4, 0.5) is 0 Å². The van der Waals surface area contributed by atoms with Crippen LogP contribution >= 0.6 is 12.4 Å². The van der Waals surface area contributed by atoms with Gasteiger partial charge in [-0.1, -0.05) is 53.7 Å². The third kappa shape index (κ3) is 5.05. The van der Waals surface area contributed by atoms with E-state index >= 15 is 0 Å². The average Bonchev–Trinajstić information content (AvgIpc) is 3.08. The molecule has 1 unspecified atom stereocenters. The van der Waals surface area contributed by atoms with Gasteiger partial charge in [0, 0.05) is 18.0 Å². The van der Waals surface area contributed by atoms with Crippen LogP contribution in [0.15, 0.2) is 59.1 Å². The van der Waals surface area contributed by atoms with Crippen LogP contribution in [0.2, 0.25) is 0 Å². The van der Waals surface area contributed by atoms with Crippen LogP contribution < -0.4 is 10.1 Å². The van der Waals surface area contributed by atoms with Crippen molar-refractivity contribution in [2.75, 3.05) is 7.05 Å². The summed E-state index contributed by atoms with van der Waals surface area (Å²) in [4.78, 5) is 4.37. The summed E-state index contributed by atoms with van der Waals surface area (Å²) in [6.45, 7) is 2.33. The summed E-state index contributed by atoms with van der Waals surface area (Å²) in [5, 5.41) is 7.14. The minimum atomic E-state index is 0. The highest BCUT2D eigenvalue weighted by molar-refractivity contribution is 5.85. The van der Waals surface area contributed by atoms with Gasteiger partial charge in [0.15, 0.2) is 12.4 Å². The number of ether oxygens (including phenoxy) is 1. The first-order valence-electron chi connectivity index (χ1n) is 8.02. The van der Waals surface area contributed by atoms with Gasteiger partial charge in [0.05, 0.1) is 0 Å². The third-order valence-electron chi connectivity index (χ3n) is 3.81. The van der Waals surface area contributed by atoms with Crippen molar-refractivity contribution in [2.45, 2.75) is 26.0 Å². The van der Waals surface area contributed by atoms with E-state index in [-0.39, 0.29) is 19.0 Å². The van der Waals surface area contributed by atoms with Gasteiger partial charge in [0.1, 0.15) is 5.75 Å². The van der Waals surface area contributed by atoms with E-state index in [1.807, 2.05) is 49.5 Å². The molecule has 0 aliphatic rings. The van der Waals surface area contributed by atoms with E-state index < -0.39 is 0 Å². The molecule has 1 atom stereocenters. The number of likely N-dealkylation sites (N-methyl/N-ethyl adjacent to an activating group) is 1. The van der Waals surface area contributed by atoms with Gasteiger partial charge in [0.25, 0.3) is 5.89 Å². The maximum Gasteiger partial charge on any atom is 0.264 e. The molecule has 3 aromatic rings. The highest BCUT2D eigenvalue weighted by Gasteiger charge is 2.11. The van der Waals surface area contributed by atoms with Gasteiger partial charge < -0.3 is 14.6 Å². The van der Waals surface area contributed by atoms with Crippen molar-refractivity contribution >= 4 is 12.4 Å². The van der Waals surface area contributed by atoms with Gasteiger partial charge in [-0.25, -0.2) is 0 Å². The summed E-state index contributed by atoms with van der Waals surface area (Å²) in [7, 11) is 1.91. The summed E-state index contributed by atoms with van der Waals surface area (Å²) in [6.07, 6.45) is 0.723. The molecule has 1 heterocycles. The Morgan fingerprint density at radius 1 is 1.08 bits per heavy atom. The second-order valence-corrected chi connectivity index (χ2v) is 5.65. The maximum atomic E-state index is 5.91. The number of nitrogens with zero attached hydrogens (tertiary/aromatic N) is 2. The standard InChI is InChI=1S/C19H21N3O2.ClH/c1-14(20-2)12-18-21-19(24-22-18)13-23-17-11-7-6-10-16(17)15-8-4-3-5-9-15;/h3-11,14,20H,12-13H2,1-2H3;1H. The Balaban J connectivity index is 0.00000225. The maximum absolute atomic E-state index is 5.91. The lowest BCUT2D eigenvalue weighted by atomic mass is 10.1. The van der Waals surface area contributed by atoms with Gasteiger partial charge in [0.2, 0.25) is 0 Å². The van der Waals surface area contributed by atoms with E-state index in [0.717, 1.165) is 23.3 Å². The molecule has 5 nitrogen and oxygen atoms in total. The van der Waals surface area contributed by atoms with Gasteiger partial charge in [-0.2, -0.15) is 4.98 Å². The first kappa shape index (κ1) is 19.0. The Bertz CT molecular complexity index is 777. The van der Waals surface area contributed by atoms with Crippen LogP contribution in [0.1, 0.15) is 18.6 Å². The second-order valence-electron chi connectivity index (χ2n) is 5.65. The van der Waals surface area contributed by atoms with E-state index in [1.54, 1.807) is 0 Å². The first-order valence-corrected chi connectivity index (χ1v) is 8.02. The third-order valence-corrected chi connectivity index (χ3v) is 3.81. The summed E-state index contributed by atoms with van der Waals surface area (Å²) < 4.78 is 11.2. The largest absolute Gasteiger partial charge is 0.483 e. The lowest BCUT2D eigenvalue weighted by molar-refractivity contribution is 0.243. The SMILES string of the molecule is CNC(C)Cc1noc(COc2ccccc2-c2ccccc2)n1.Cl. The van der Waals surface area contributed by atoms with Crippen molar-refractivity contribution in [3.05, 3.63) is 66.3 Å². The molecule has 0 saturated carbocycles. The van der Waals surface area contributed by atoms with E-state index in [2.05, 4.69) is 34.5 Å². The van der Waals surface area contributed by atoms with Gasteiger partial charge >= 0.3 is 0 Å². The van der Waals surface area contributed by atoms with Gasteiger partial charge in [-0.15, -0.1) is 12.4 Å². The van der Waals surface area contributed by atoms with Gasteiger partial charge in [-0.3, -0.25) is 0 Å². The Hall–Kier alpha value is -2.37. The molecule has 0 saturated heterocycles. The predicted molar refractivity (Wildman–Crippen MR) is 100.0 cm³/mol. The predicted octanol–water partition coefficient (Wildman–Crippen LogP) is 3.89. The van der Waals surface area contributed by atoms with Crippen molar-refractivity contribution in [1.29, 1.82) is 0 Å². The molecular formula is C19H22ClN3O2. The number of halogens is 1. The average molecular weight is 360 g/mol. The van der Waals surface area contributed by atoms with Gasteiger partial charge in [-0.05, 0) is 25.6 Å². The molecule has 0 fully saturated rings. The van der Waals surface area contributed by atoms with Crippen LogP contribution in [0.25, 0.3) is 11.1 Å². The van der Waals surface area contributed by atoms with E-state index in [9.17, 15) is 0 Å². The van der Waals surface area contributed by atoms with Crippen molar-refractivity contribution in [2.24, 2.45) is 0 Å². The zero-order valence-electron chi connectivity index (χ0n) is 14.3. The number of para-hydroxylation sites is 1. The molecule has 0 aliphatic heterocycles. The molecule has 0 radical (unpaired) electrons. The van der Waals surface area contributed by atoms with Crippen molar-refractivity contribution < 1.29 is 9.26 Å². The zero-order chi connectivity index (χ0) is 16.8. The summed E-state index contributed by atoms with van der Waals surface area (Å²) in [5.41, 5.74) is 2.16. The number of nitrogens with one attached hydrogen (secondary N) is 1. The number of hydrogen-bond acceptors (Lipinski definition) is 5. The monoisotopic (exact) mass is 359 g/mol. The fourth-order valence-electron chi connectivity index (χ4n) is 2.40. The summed E-state index contributed by atoms with van der Waals surface area (Å²) in [5.74, 6) is 1.97. The molecular weight excluding hydrogens is 338 g/mol. The normalized spacial score (nSPS) is 11.6. The molecule has 3 rings (SSSR count). The second kappa shape index (κ2) is 9.20. The highest BCUT2D eigenvalue weighted by atomic mass is 35.5. The minimum Gasteiger partial charge on any atom is -0.483 e. The lowest BCUT2D eigenvalue weighted by Gasteiger charge is -2.10. The fourth-order valence-corrected chi connectivity index (χ4v) is 2.40. The smallest absolute Gasteiger partial charge is 0.264 e. The molecule has 6 heteroatoms. The lowest BCUT2D eigenvalue weighted by Crippen LogP contribution is -2.24. The number of hydrogen-bond donors (Lipinski definition) is 1. The molecule has 0 aliphatic carbocycles. The highest BCUT2D eigenvalue weighted by Crippen LogP contribution is 2.29. The molecule has 2 aromatic carbocycles. The topological polar surface area (TPSA) is 60.2 Å². The van der Waals surface area contributed by atoms with Crippen LogP contribution in [-0.4, -0.2) is 23.2 Å². The molecule has 25 heavy (non-hydrogen) atoms. The number of rotatable bonds is 7. The fraction of sp³-hybridized carbons (Fsp3) is 0.263. The molecule has 1 N–H and O–H groups in total. The minimum absolute atomic E-state index is 0. The van der Waals surface area contributed by atoms with E-state index in [0.29, 0.717) is 17.8 Å². The van der Waals surface area contributed by atoms with Crippen LogP contribution in [0.5, 0.6) is 5.75 Å². The van der Waals surface area contributed by atoms with Crippen LogP contribution in [-0.2, 0) is 13.0 Å². The Labute approximate surface area is 153 Å². The van der Waals surface area contributed by atoms with E-state index in [4.69, 9.17) is 9.26 Å². The zero-order valence-corrected chi connectivity index (χ0v) is 15.1. The molecule has 0 bridgehead atoms. The Kier molecular flexibility index (Phi) is 6.98. The Morgan fingerprint density at radius 2 is 1.80 bits per heavy atom. The van der Waals surface area contributed by atoms with Crippen LogP contribution in [0.3, 0.4) is 0 Å². The molecule has 0 spiro atoms. The Morgan fingerprint density at radius 3 is 2.56 bits per heavy atom. The van der Waals surface area contributed by atoms with Crippen molar-refractivity contribution in [3.63, 3.8) is 0 Å². The van der Waals surface area contributed by atoms with Crippen LogP contribution in [0, 0.1) is 0 Å². The molecule has 1 aromatic heterocycles. The quantitative estimate of drug-likeness (QED) is 0.693. The molecule has 0 amide bonds. The summed E-state index contributed by atoms with van der Waals surface area (Å²) in [6, 6.07) is 18.4. The first-order chi connectivity index (χ1) is 11.8. The van der Waals surface area contributed by atoms with Crippen molar-refractivity contribution in [3.8, 4) is 16.9 Å². The number of benzene rings is 2. The van der Waals surface area contributed by atoms with Crippen molar-refractivity contribution in [1.82, 2.24) is 15.5 Å². The van der Waals surface area contributed by atoms with E-state index in [1.165, 1.54) is 0 Å². The number of aromatic nitrogens is 2.